The molecule has 0 saturated heterocycles. The van der Waals surface area contributed by atoms with Crippen LogP contribution in [0.15, 0.2) is 0 Å². The van der Waals surface area contributed by atoms with Crippen LogP contribution in [0, 0.1) is 0 Å². The lowest BCUT2D eigenvalue weighted by Crippen LogP contribution is -2.40. The maximum Gasteiger partial charge on any atom is 0.401 e. The van der Waals surface area contributed by atoms with Crippen molar-refractivity contribution in [3.63, 3.8) is 0 Å². The van der Waals surface area contributed by atoms with Crippen LogP contribution in [0.1, 0.15) is 20.3 Å². The number of rotatable bonds is 5. The molecule has 0 heterocycles. The number of alkyl halides is 3. The van der Waals surface area contributed by atoms with Crippen molar-refractivity contribution in [1.82, 2.24) is 4.90 Å². The van der Waals surface area contributed by atoms with Gasteiger partial charge in [0.15, 0.2) is 0 Å². The average Bonchev–Trinajstić information content (AvgIpc) is 1.95. The van der Waals surface area contributed by atoms with E-state index < -0.39 is 12.7 Å². The third kappa shape index (κ3) is 6.83. The molecule has 0 aromatic rings. The fraction of sp³-hybridized carbons (Fsp3) is 1.00. The summed E-state index contributed by atoms with van der Waals surface area (Å²) in [7, 11) is 0. The number of hydrogen-bond acceptors (Lipinski definition) is 2. The van der Waals surface area contributed by atoms with E-state index in [1.165, 1.54) is 4.90 Å². The van der Waals surface area contributed by atoms with E-state index in [1.54, 1.807) is 13.8 Å². The van der Waals surface area contributed by atoms with Crippen LogP contribution in [-0.4, -0.2) is 36.8 Å². The standard InChI is InChI=1S/C8H17F3N2/c1-7(2)13(5-3-4-12)6-8(9,10)11/h7H,3-6,12H2,1-2H3. The van der Waals surface area contributed by atoms with Gasteiger partial charge in [-0.3, -0.25) is 4.90 Å². The van der Waals surface area contributed by atoms with Gasteiger partial charge in [-0.15, -0.1) is 0 Å². The minimum Gasteiger partial charge on any atom is -0.330 e. The third-order valence-corrected chi connectivity index (χ3v) is 1.76. The summed E-state index contributed by atoms with van der Waals surface area (Å²) in [6, 6.07) is -0.0897. The summed E-state index contributed by atoms with van der Waals surface area (Å²) in [4.78, 5) is 1.38. The zero-order chi connectivity index (χ0) is 10.5. The van der Waals surface area contributed by atoms with Gasteiger partial charge in [-0.25, -0.2) is 0 Å². The molecule has 13 heavy (non-hydrogen) atoms. The summed E-state index contributed by atoms with van der Waals surface area (Å²) in [6.07, 6.45) is -3.51. The molecular weight excluding hydrogens is 181 g/mol. The second kappa shape index (κ2) is 5.44. The Bertz CT molecular complexity index is 134. The van der Waals surface area contributed by atoms with Crippen LogP contribution in [0.2, 0.25) is 0 Å². The van der Waals surface area contributed by atoms with Gasteiger partial charge in [0, 0.05) is 6.04 Å². The normalized spacial score (nSPS) is 12.9. The molecule has 0 radical (unpaired) electrons. The highest BCUT2D eigenvalue weighted by atomic mass is 19.4. The minimum atomic E-state index is -4.11. The van der Waals surface area contributed by atoms with Crippen molar-refractivity contribution in [2.45, 2.75) is 32.5 Å². The molecular formula is C8H17F3N2. The van der Waals surface area contributed by atoms with Crippen LogP contribution < -0.4 is 5.73 Å². The van der Waals surface area contributed by atoms with Gasteiger partial charge >= 0.3 is 6.18 Å². The molecule has 0 bridgehead atoms. The SMILES string of the molecule is CC(C)N(CCCN)CC(F)(F)F. The van der Waals surface area contributed by atoms with Gasteiger partial charge in [0.05, 0.1) is 6.54 Å². The monoisotopic (exact) mass is 198 g/mol. The molecule has 0 rings (SSSR count). The van der Waals surface area contributed by atoms with Gasteiger partial charge < -0.3 is 5.73 Å². The molecule has 0 aliphatic heterocycles. The molecule has 2 N–H and O–H groups in total. The molecule has 0 spiro atoms. The fourth-order valence-electron chi connectivity index (χ4n) is 1.04. The fourth-order valence-corrected chi connectivity index (χ4v) is 1.04. The molecule has 0 unspecified atom stereocenters. The third-order valence-electron chi connectivity index (χ3n) is 1.76. The summed E-state index contributed by atoms with van der Waals surface area (Å²) < 4.78 is 36.1. The summed E-state index contributed by atoms with van der Waals surface area (Å²) in [5.74, 6) is 0. The Morgan fingerprint density at radius 3 is 2.15 bits per heavy atom. The van der Waals surface area contributed by atoms with Gasteiger partial charge in [0.1, 0.15) is 0 Å². The quantitative estimate of drug-likeness (QED) is 0.727. The summed E-state index contributed by atoms with van der Waals surface area (Å²) in [5.41, 5.74) is 5.23. The first-order valence-corrected chi connectivity index (χ1v) is 4.37. The molecule has 0 aliphatic carbocycles. The molecule has 0 aromatic carbocycles. The van der Waals surface area contributed by atoms with E-state index in [0.29, 0.717) is 19.5 Å². The molecule has 0 atom stereocenters. The van der Waals surface area contributed by atoms with Gasteiger partial charge in [0.25, 0.3) is 0 Å². The number of halogens is 3. The maximum atomic E-state index is 12.0. The summed E-state index contributed by atoms with van der Waals surface area (Å²) in [6.45, 7) is 3.50. The minimum absolute atomic E-state index is 0.0897. The molecule has 0 fully saturated rings. The lowest BCUT2D eigenvalue weighted by atomic mass is 10.3. The molecule has 5 heteroatoms. The maximum absolute atomic E-state index is 12.0. The molecule has 80 valence electrons. The van der Waals surface area contributed by atoms with E-state index >= 15 is 0 Å². The van der Waals surface area contributed by atoms with E-state index in [2.05, 4.69) is 0 Å². The second-order valence-corrected chi connectivity index (χ2v) is 3.32. The van der Waals surface area contributed by atoms with Crippen LogP contribution in [0.3, 0.4) is 0 Å². The van der Waals surface area contributed by atoms with Crippen molar-refractivity contribution in [3.05, 3.63) is 0 Å². The smallest absolute Gasteiger partial charge is 0.330 e. The van der Waals surface area contributed by atoms with Crippen molar-refractivity contribution >= 4 is 0 Å². The largest absolute Gasteiger partial charge is 0.401 e. The second-order valence-electron chi connectivity index (χ2n) is 3.32. The van der Waals surface area contributed by atoms with Crippen LogP contribution >= 0.6 is 0 Å². The van der Waals surface area contributed by atoms with Crippen molar-refractivity contribution in [1.29, 1.82) is 0 Å². The molecule has 0 aliphatic rings. The Morgan fingerprint density at radius 1 is 1.31 bits per heavy atom. The van der Waals surface area contributed by atoms with Gasteiger partial charge in [-0.1, -0.05) is 0 Å². The van der Waals surface area contributed by atoms with E-state index in [1.807, 2.05) is 0 Å². The van der Waals surface area contributed by atoms with Crippen molar-refractivity contribution < 1.29 is 13.2 Å². The summed E-state index contributed by atoms with van der Waals surface area (Å²) >= 11 is 0. The number of nitrogens with two attached hydrogens (primary N) is 1. The first-order valence-electron chi connectivity index (χ1n) is 4.37. The zero-order valence-corrected chi connectivity index (χ0v) is 8.06. The highest BCUT2D eigenvalue weighted by molar-refractivity contribution is 4.67. The average molecular weight is 198 g/mol. The van der Waals surface area contributed by atoms with Crippen LogP contribution in [-0.2, 0) is 0 Å². The highest BCUT2D eigenvalue weighted by Gasteiger charge is 2.31. The first-order chi connectivity index (χ1) is 5.87. The molecule has 0 aromatic heterocycles. The Kier molecular flexibility index (Phi) is 5.32. The van der Waals surface area contributed by atoms with Gasteiger partial charge in [0.2, 0.25) is 0 Å². The molecule has 0 saturated carbocycles. The topological polar surface area (TPSA) is 29.3 Å². The van der Waals surface area contributed by atoms with Crippen molar-refractivity contribution in [2.24, 2.45) is 5.73 Å². The predicted octanol–water partition coefficient (Wildman–Crippen LogP) is 1.61. The number of hydrogen-bond donors (Lipinski definition) is 1. The van der Waals surface area contributed by atoms with E-state index in [-0.39, 0.29) is 6.04 Å². The van der Waals surface area contributed by atoms with Crippen LogP contribution in [0.5, 0.6) is 0 Å². The Labute approximate surface area is 76.9 Å². The van der Waals surface area contributed by atoms with Crippen molar-refractivity contribution in [2.75, 3.05) is 19.6 Å². The summed E-state index contributed by atoms with van der Waals surface area (Å²) in [5, 5.41) is 0. The zero-order valence-electron chi connectivity index (χ0n) is 8.06. The van der Waals surface area contributed by atoms with E-state index in [4.69, 9.17) is 5.73 Å². The Hall–Kier alpha value is -0.290. The van der Waals surface area contributed by atoms with Gasteiger partial charge in [-0.2, -0.15) is 13.2 Å². The lowest BCUT2D eigenvalue weighted by Gasteiger charge is -2.27. The van der Waals surface area contributed by atoms with E-state index in [0.717, 1.165) is 0 Å². The highest BCUT2D eigenvalue weighted by Crippen LogP contribution is 2.17. The molecule has 0 amide bonds. The van der Waals surface area contributed by atoms with Gasteiger partial charge in [-0.05, 0) is 33.4 Å². The van der Waals surface area contributed by atoms with Crippen LogP contribution in [0.25, 0.3) is 0 Å². The molecule has 2 nitrogen and oxygen atoms in total. The first kappa shape index (κ1) is 12.7. The Morgan fingerprint density at radius 2 is 1.85 bits per heavy atom. The van der Waals surface area contributed by atoms with E-state index in [9.17, 15) is 13.2 Å². The van der Waals surface area contributed by atoms with Crippen molar-refractivity contribution in [3.8, 4) is 0 Å². The van der Waals surface area contributed by atoms with Crippen LogP contribution in [0.4, 0.5) is 13.2 Å². The lowest BCUT2D eigenvalue weighted by molar-refractivity contribution is -0.149. The predicted molar refractivity (Wildman–Crippen MR) is 46.4 cm³/mol. The number of nitrogens with zero attached hydrogens (tertiary/aromatic N) is 1. The Balaban J connectivity index is 3.95.